The lowest BCUT2D eigenvalue weighted by atomic mass is 10.1. The van der Waals surface area contributed by atoms with Crippen LogP contribution in [0.15, 0.2) is 78.0 Å². The molecule has 4 rings (SSSR count). The summed E-state index contributed by atoms with van der Waals surface area (Å²) in [7, 11) is 1.61. The maximum absolute atomic E-state index is 12.2. The van der Waals surface area contributed by atoms with Gasteiger partial charge in [-0.15, -0.1) is 10.2 Å². The highest BCUT2D eigenvalue weighted by molar-refractivity contribution is 7.98. The molecule has 0 aliphatic carbocycles. The molecule has 3 aromatic carbocycles. The molecule has 0 radical (unpaired) electrons. The van der Waals surface area contributed by atoms with E-state index in [0.29, 0.717) is 35.3 Å². The lowest BCUT2D eigenvalue weighted by molar-refractivity contribution is 0.0937. The molecule has 6 nitrogen and oxygen atoms in total. The Morgan fingerprint density at radius 3 is 2.50 bits per heavy atom. The van der Waals surface area contributed by atoms with Gasteiger partial charge in [0.1, 0.15) is 0 Å². The van der Waals surface area contributed by atoms with Crippen molar-refractivity contribution >= 4 is 29.3 Å². The number of aryl methyl sites for hydroxylation is 1. The average Bonchev–Trinajstić information content (AvgIpc) is 3.27. The number of amides is 1. The SMILES string of the molecule is COCCNC(=O)c1ccc(CSc2nnc(-c3ccccc3Cl)n2-c2ccccc2C)cc1. The molecule has 174 valence electrons. The fourth-order valence-electron chi connectivity index (χ4n) is 3.48. The van der Waals surface area contributed by atoms with Crippen LogP contribution in [0.2, 0.25) is 5.02 Å². The first-order valence-corrected chi connectivity index (χ1v) is 12.2. The molecule has 0 saturated carbocycles. The summed E-state index contributed by atoms with van der Waals surface area (Å²) >= 11 is 8.08. The second kappa shape index (κ2) is 11.3. The standard InChI is InChI=1S/C26H25ClN4O2S/c1-18-7-3-6-10-23(18)31-24(21-8-4-5-9-22(21)27)29-30-26(31)34-17-19-11-13-20(14-12-19)25(32)28-15-16-33-2/h3-14H,15-17H2,1-2H3,(H,28,32). The number of hydrogen-bond acceptors (Lipinski definition) is 5. The van der Waals surface area contributed by atoms with Crippen LogP contribution in [0.3, 0.4) is 0 Å². The molecule has 1 amide bonds. The predicted octanol–water partition coefficient (Wildman–Crippen LogP) is 5.56. The van der Waals surface area contributed by atoms with Crippen molar-refractivity contribution in [3.63, 3.8) is 0 Å². The van der Waals surface area contributed by atoms with Crippen molar-refractivity contribution in [2.24, 2.45) is 0 Å². The minimum atomic E-state index is -0.111. The van der Waals surface area contributed by atoms with Crippen molar-refractivity contribution in [2.75, 3.05) is 20.3 Å². The Balaban J connectivity index is 1.58. The van der Waals surface area contributed by atoms with Crippen molar-refractivity contribution in [3.8, 4) is 17.1 Å². The Morgan fingerprint density at radius 2 is 1.76 bits per heavy atom. The largest absolute Gasteiger partial charge is 0.383 e. The van der Waals surface area contributed by atoms with Gasteiger partial charge in [-0.1, -0.05) is 65.8 Å². The van der Waals surface area contributed by atoms with Gasteiger partial charge in [0.15, 0.2) is 11.0 Å². The summed E-state index contributed by atoms with van der Waals surface area (Å²) in [5.41, 5.74) is 4.65. The van der Waals surface area contributed by atoms with Gasteiger partial charge in [0.2, 0.25) is 0 Å². The van der Waals surface area contributed by atoms with Gasteiger partial charge in [-0.25, -0.2) is 0 Å². The zero-order valence-electron chi connectivity index (χ0n) is 19.0. The van der Waals surface area contributed by atoms with E-state index in [1.807, 2.05) is 60.7 Å². The summed E-state index contributed by atoms with van der Waals surface area (Å²) in [4.78, 5) is 12.2. The number of aromatic nitrogens is 3. The number of rotatable bonds is 9. The van der Waals surface area contributed by atoms with Crippen LogP contribution in [0.25, 0.3) is 17.1 Å². The fraction of sp³-hybridized carbons (Fsp3) is 0.192. The number of benzene rings is 3. The van der Waals surface area contributed by atoms with E-state index in [2.05, 4.69) is 39.1 Å². The Hall–Kier alpha value is -3.13. The molecular formula is C26H25ClN4O2S. The van der Waals surface area contributed by atoms with Crippen molar-refractivity contribution in [3.05, 3.63) is 94.5 Å². The highest BCUT2D eigenvalue weighted by Crippen LogP contribution is 2.33. The van der Waals surface area contributed by atoms with E-state index in [1.165, 1.54) is 0 Å². The molecule has 1 aromatic heterocycles. The van der Waals surface area contributed by atoms with E-state index < -0.39 is 0 Å². The van der Waals surface area contributed by atoms with Crippen LogP contribution in [0, 0.1) is 6.92 Å². The highest BCUT2D eigenvalue weighted by Gasteiger charge is 2.19. The third-order valence-electron chi connectivity index (χ3n) is 5.28. The lowest BCUT2D eigenvalue weighted by Crippen LogP contribution is -2.26. The van der Waals surface area contributed by atoms with Gasteiger partial charge in [0, 0.05) is 30.5 Å². The number of hydrogen-bond donors (Lipinski definition) is 1. The van der Waals surface area contributed by atoms with Gasteiger partial charge in [-0.05, 0) is 48.4 Å². The molecule has 34 heavy (non-hydrogen) atoms. The Kier molecular flexibility index (Phi) is 8.00. The van der Waals surface area contributed by atoms with Gasteiger partial charge >= 0.3 is 0 Å². The summed E-state index contributed by atoms with van der Waals surface area (Å²) in [6.07, 6.45) is 0. The normalized spacial score (nSPS) is 10.9. The van der Waals surface area contributed by atoms with E-state index in [0.717, 1.165) is 27.5 Å². The molecule has 0 unspecified atom stereocenters. The third kappa shape index (κ3) is 5.50. The molecule has 0 aliphatic heterocycles. The van der Waals surface area contributed by atoms with Crippen molar-refractivity contribution in [2.45, 2.75) is 17.8 Å². The maximum Gasteiger partial charge on any atom is 0.251 e. The molecule has 0 fully saturated rings. The van der Waals surface area contributed by atoms with E-state index in [4.69, 9.17) is 16.3 Å². The first-order valence-electron chi connectivity index (χ1n) is 10.8. The Labute approximate surface area is 208 Å². The molecule has 8 heteroatoms. The molecule has 1 N–H and O–H groups in total. The summed E-state index contributed by atoms with van der Waals surface area (Å²) in [6.45, 7) is 3.03. The second-order valence-corrected chi connectivity index (χ2v) is 8.99. The number of para-hydroxylation sites is 1. The average molecular weight is 493 g/mol. The van der Waals surface area contributed by atoms with E-state index >= 15 is 0 Å². The maximum atomic E-state index is 12.2. The van der Waals surface area contributed by atoms with Gasteiger partial charge in [-0.2, -0.15) is 0 Å². The molecule has 0 atom stereocenters. The number of thioether (sulfide) groups is 1. The van der Waals surface area contributed by atoms with Gasteiger partial charge < -0.3 is 10.1 Å². The number of nitrogens with zero attached hydrogens (tertiary/aromatic N) is 3. The van der Waals surface area contributed by atoms with Crippen molar-refractivity contribution in [1.82, 2.24) is 20.1 Å². The summed E-state index contributed by atoms with van der Waals surface area (Å²) in [5, 5.41) is 13.2. The Morgan fingerprint density at radius 1 is 1.03 bits per heavy atom. The lowest BCUT2D eigenvalue weighted by Gasteiger charge is -2.13. The van der Waals surface area contributed by atoms with Crippen LogP contribution in [0.5, 0.6) is 0 Å². The number of nitrogens with one attached hydrogen (secondary N) is 1. The first kappa shape index (κ1) is 24.0. The molecule has 0 saturated heterocycles. The van der Waals surface area contributed by atoms with Crippen LogP contribution >= 0.6 is 23.4 Å². The number of methoxy groups -OCH3 is 1. The van der Waals surface area contributed by atoms with Crippen LogP contribution in [0.4, 0.5) is 0 Å². The quantitative estimate of drug-likeness (QED) is 0.244. The van der Waals surface area contributed by atoms with Gasteiger partial charge in [0.05, 0.1) is 17.3 Å². The van der Waals surface area contributed by atoms with Crippen molar-refractivity contribution in [1.29, 1.82) is 0 Å². The van der Waals surface area contributed by atoms with Crippen LogP contribution in [-0.4, -0.2) is 40.9 Å². The monoisotopic (exact) mass is 492 g/mol. The molecule has 4 aromatic rings. The molecule has 0 aliphatic rings. The van der Waals surface area contributed by atoms with E-state index in [-0.39, 0.29) is 5.91 Å². The summed E-state index contributed by atoms with van der Waals surface area (Å²) < 4.78 is 7.02. The smallest absolute Gasteiger partial charge is 0.251 e. The number of carbonyl (C=O) groups excluding carboxylic acids is 1. The van der Waals surface area contributed by atoms with Crippen LogP contribution in [0.1, 0.15) is 21.5 Å². The molecular weight excluding hydrogens is 468 g/mol. The van der Waals surface area contributed by atoms with Crippen molar-refractivity contribution < 1.29 is 9.53 Å². The fourth-order valence-corrected chi connectivity index (χ4v) is 4.60. The van der Waals surface area contributed by atoms with Crippen LogP contribution in [-0.2, 0) is 10.5 Å². The third-order valence-corrected chi connectivity index (χ3v) is 6.61. The second-order valence-electron chi connectivity index (χ2n) is 7.64. The van der Waals surface area contributed by atoms with Gasteiger partial charge in [0.25, 0.3) is 5.91 Å². The zero-order chi connectivity index (χ0) is 23.9. The minimum Gasteiger partial charge on any atom is -0.383 e. The summed E-state index contributed by atoms with van der Waals surface area (Å²) in [5.74, 6) is 1.27. The summed E-state index contributed by atoms with van der Waals surface area (Å²) in [6, 6.07) is 23.4. The number of carbonyl (C=O) groups is 1. The number of halogens is 1. The first-order chi connectivity index (χ1) is 16.6. The zero-order valence-corrected chi connectivity index (χ0v) is 20.6. The van der Waals surface area contributed by atoms with E-state index in [9.17, 15) is 4.79 Å². The number of ether oxygens (including phenoxy) is 1. The predicted molar refractivity (Wildman–Crippen MR) is 137 cm³/mol. The molecule has 1 heterocycles. The van der Waals surface area contributed by atoms with E-state index in [1.54, 1.807) is 18.9 Å². The minimum absolute atomic E-state index is 0.111. The Bertz CT molecular complexity index is 1270. The molecule has 0 spiro atoms. The van der Waals surface area contributed by atoms with Gasteiger partial charge in [-0.3, -0.25) is 9.36 Å². The topological polar surface area (TPSA) is 69.0 Å². The van der Waals surface area contributed by atoms with Crippen LogP contribution < -0.4 is 5.32 Å². The molecule has 0 bridgehead atoms. The highest BCUT2D eigenvalue weighted by atomic mass is 35.5.